The van der Waals surface area contributed by atoms with Crippen LogP contribution in [-0.2, 0) is 29.1 Å². The van der Waals surface area contributed by atoms with Gasteiger partial charge in [0.1, 0.15) is 6.54 Å². The van der Waals surface area contributed by atoms with E-state index in [-0.39, 0.29) is 16.6 Å². The number of esters is 1. The lowest BCUT2D eigenvalue weighted by atomic mass is 9.91. The van der Waals surface area contributed by atoms with Crippen molar-refractivity contribution in [1.29, 1.82) is 0 Å². The number of ketones is 1. The quantitative estimate of drug-likeness (QED) is 0.712. The summed E-state index contributed by atoms with van der Waals surface area (Å²) in [6.07, 6.45) is 0. The zero-order chi connectivity index (χ0) is 20.1. The first-order valence-corrected chi connectivity index (χ1v) is 9.31. The van der Waals surface area contributed by atoms with E-state index in [4.69, 9.17) is 4.74 Å². The number of nitrogens with one attached hydrogen (secondary N) is 1. The summed E-state index contributed by atoms with van der Waals surface area (Å²) in [6, 6.07) is 5.54. The lowest BCUT2D eigenvalue weighted by Crippen LogP contribution is -2.34. The molecule has 0 aromatic heterocycles. The summed E-state index contributed by atoms with van der Waals surface area (Å²) in [5.74, 6) is -1.35. The number of amides is 1. The predicted octanol–water partition coefficient (Wildman–Crippen LogP) is 1.42. The molecule has 1 aromatic rings. The van der Waals surface area contributed by atoms with E-state index in [0.29, 0.717) is 5.69 Å². The third kappa shape index (κ3) is 6.23. The van der Waals surface area contributed by atoms with E-state index in [9.17, 15) is 22.8 Å². The van der Waals surface area contributed by atoms with Gasteiger partial charge < -0.3 is 10.1 Å². The van der Waals surface area contributed by atoms with Gasteiger partial charge in [0.05, 0.1) is 4.90 Å². The van der Waals surface area contributed by atoms with Crippen LogP contribution in [0.25, 0.3) is 0 Å². The van der Waals surface area contributed by atoms with Gasteiger partial charge in [-0.15, -0.1) is 0 Å². The van der Waals surface area contributed by atoms with E-state index < -0.39 is 34.6 Å². The molecule has 8 nitrogen and oxygen atoms in total. The molecule has 0 fully saturated rings. The van der Waals surface area contributed by atoms with Crippen LogP contribution in [0.3, 0.4) is 0 Å². The van der Waals surface area contributed by atoms with Crippen molar-refractivity contribution < 1.29 is 27.5 Å². The molecule has 0 aliphatic rings. The van der Waals surface area contributed by atoms with Crippen molar-refractivity contribution in [3.8, 4) is 0 Å². The van der Waals surface area contributed by atoms with Crippen LogP contribution in [0.15, 0.2) is 29.2 Å². The minimum absolute atomic E-state index is 0.0346. The van der Waals surface area contributed by atoms with Gasteiger partial charge in [-0.05, 0) is 24.3 Å². The lowest BCUT2D eigenvalue weighted by Gasteiger charge is -2.18. The van der Waals surface area contributed by atoms with Gasteiger partial charge in [0, 0.05) is 25.1 Å². The largest absolute Gasteiger partial charge is 0.457 e. The first-order chi connectivity index (χ1) is 11.8. The Morgan fingerprint density at radius 1 is 1.12 bits per heavy atom. The van der Waals surface area contributed by atoms with E-state index in [0.717, 1.165) is 4.31 Å². The summed E-state index contributed by atoms with van der Waals surface area (Å²) in [6.45, 7) is 5.52. The van der Waals surface area contributed by atoms with Crippen LogP contribution in [0, 0.1) is 5.41 Å². The number of nitrogens with zero attached hydrogens (tertiary/aromatic N) is 1. The Kier molecular flexibility index (Phi) is 7.05. The fourth-order valence-electron chi connectivity index (χ4n) is 1.77. The Bertz CT molecular complexity index is 778. The highest BCUT2D eigenvalue weighted by Crippen LogP contribution is 2.18. The smallest absolute Gasteiger partial charge is 0.321 e. The average molecular weight is 384 g/mol. The van der Waals surface area contributed by atoms with Crippen molar-refractivity contribution >= 4 is 33.4 Å². The predicted molar refractivity (Wildman–Crippen MR) is 96.0 cm³/mol. The second-order valence-corrected chi connectivity index (χ2v) is 8.85. The van der Waals surface area contributed by atoms with E-state index in [2.05, 4.69) is 5.32 Å². The molecule has 0 heterocycles. The van der Waals surface area contributed by atoms with Gasteiger partial charge in [0.25, 0.3) is 0 Å². The maximum absolute atomic E-state index is 12.5. The molecule has 0 radical (unpaired) electrons. The van der Waals surface area contributed by atoms with Crippen LogP contribution in [0.1, 0.15) is 27.7 Å². The van der Waals surface area contributed by atoms with Gasteiger partial charge >= 0.3 is 5.97 Å². The first kappa shape index (κ1) is 21.8. The number of hydrogen-bond acceptors (Lipinski definition) is 6. The third-order valence-electron chi connectivity index (χ3n) is 3.44. The van der Waals surface area contributed by atoms with Crippen molar-refractivity contribution in [3.05, 3.63) is 24.3 Å². The summed E-state index contributed by atoms with van der Waals surface area (Å²) in [5, 5.41) is 2.53. The van der Waals surface area contributed by atoms with Crippen molar-refractivity contribution in [2.75, 3.05) is 25.5 Å². The summed E-state index contributed by atoms with van der Waals surface area (Å²) in [5.41, 5.74) is -0.187. The summed E-state index contributed by atoms with van der Waals surface area (Å²) in [7, 11) is -2.67. The zero-order valence-corrected chi connectivity index (χ0v) is 16.3. The van der Waals surface area contributed by atoms with E-state index in [1.807, 2.05) is 0 Å². The lowest BCUT2D eigenvalue weighted by molar-refractivity contribution is -0.150. The number of benzene rings is 1. The number of likely N-dealkylation sites (N-methyl/N-ethyl adjacent to an activating group) is 1. The number of rotatable bonds is 7. The molecule has 1 N–H and O–H groups in total. The molecule has 1 rings (SSSR count). The molecule has 0 aliphatic carbocycles. The Morgan fingerprint density at radius 3 is 2.12 bits per heavy atom. The van der Waals surface area contributed by atoms with Gasteiger partial charge in [-0.25, -0.2) is 8.42 Å². The molecule has 9 heteroatoms. The molecule has 0 spiro atoms. The van der Waals surface area contributed by atoms with Crippen LogP contribution in [0.5, 0.6) is 0 Å². The Hall–Kier alpha value is -2.26. The molecule has 0 saturated heterocycles. The minimum atomic E-state index is -3.91. The molecule has 0 atom stereocenters. The van der Waals surface area contributed by atoms with Crippen molar-refractivity contribution in [1.82, 2.24) is 4.31 Å². The third-order valence-corrected chi connectivity index (χ3v) is 5.25. The summed E-state index contributed by atoms with van der Waals surface area (Å²) < 4.78 is 30.6. The molecule has 144 valence electrons. The van der Waals surface area contributed by atoms with Gasteiger partial charge in [0.15, 0.2) is 12.4 Å². The number of Topliss-reactive ketones (excluding diaryl/α,β-unsaturated/α-hetero) is 1. The highest BCUT2D eigenvalue weighted by Gasteiger charge is 2.26. The van der Waals surface area contributed by atoms with E-state index in [1.54, 1.807) is 20.8 Å². The fourth-order valence-corrected chi connectivity index (χ4v) is 2.88. The number of hydrogen-bond donors (Lipinski definition) is 1. The second kappa shape index (κ2) is 8.41. The van der Waals surface area contributed by atoms with Crippen LogP contribution in [0.2, 0.25) is 0 Å². The topological polar surface area (TPSA) is 110 Å². The summed E-state index contributed by atoms with van der Waals surface area (Å²) in [4.78, 5) is 34.5. The van der Waals surface area contributed by atoms with Crippen LogP contribution < -0.4 is 5.32 Å². The van der Waals surface area contributed by atoms with Gasteiger partial charge in [-0.3, -0.25) is 14.4 Å². The maximum Gasteiger partial charge on any atom is 0.321 e. The monoisotopic (exact) mass is 384 g/mol. The van der Waals surface area contributed by atoms with Gasteiger partial charge in [0.2, 0.25) is 15.9 Å². The van der Waals surface area contributed by atoms with Gasteiger partial charge in [-0.1, -0.05) is 20.8 Å². The number of carbonyl (C=O) groups excluding carboxylic acids is 3. The van der Waals surface area contributed by atoms with E-state index in [1.165, 1.54) is 38.2 Å². The number of sulfonamides is 1. The molecular formula is C17H24N2O6S. The Balaban J connectivity index is 2.72. The number of anilines is 1. The van der Waals surface area contributed by atoms with Crippen molar-refractivity contribution in [2.45, 2.75) is 32.6 Å². The molecular weight excluding hydrogens is 360 g/mol. The Morgan fingerprint density at radius 2 is 1.65 bits per heavy atom. The first-order valence-electron chi connectivity index (χ1n) is 7.87. The number of ether oxygens (including phenoxy) is 1. The number of carbonyl (C=O) groups is 3. The maximum atomic E-state index is 12.5. The normalized spacial score (nSPS) is 11.9. The molecule has 26 heavy (non-hydrogen) atoms. The fraction of sp³-hybridized carbons (Fsp3) is 0.471. The van der Waals surface area contributed by atoms with E-state index >= 15 is 0 Å². The standard InChI is InChI=1S/C17H24N2O6S/c1-12(20)18-13-6-8-14(9-7-13)26(23,24)19(5)10-16(22)25-11-15(21)17(2,3)4/h6-9H,10-11H2,1-5H3,(H,18,20). The molecule has 0 unspecified atom stereocenters. The minimum Gasteiger partial charge on any atom is -0.457 e. The zero-order valence-electron chi connectivity index (χ0n) is 15.5. The van der Waals surface area contributed by atoms with Crippen molar-refractivity contribution in [2.24, 2.45) is 5.41 Å². The molecule has 0 saturated carbocycles. The highest BCUT2D eigenvalue weighted by molar-refractivity contribution is 7.89. The molecule has 0 bridgehead atoms. The molecule has 1 aromatic carbocycles. The average Bonchev–Trinajstić information content (AvgIpc) is 2.51. The molecule has 0 aliphatic heterocycles. The van der Waals surface area contributed by atoms with Crippen LogP contribution in [0.4, 0.5) is 5.69 Å². The van der Waals surface area contributed by atoms with Crippen molar-refractivity contribution in [3.63, 3.8) is 0 Å². The molecule has 1 amide bonds. The second-order valence-electron chi connectivity index (χ2n) is 6.80. The Labute approximate surface area is 153 Å². The van der Waals surface area contributed by atoms with Crippen LogP contribution >= 0.6 is 0 Å². The van der Waals surface area contributed by atoms with Crippen LogP contribution in [-0.4, -0.2) is 50.6 Å². The SMILES string of the molecule is CC(=O)Nc1ccc(S(=O)(=O)N(C)CC(=O)OCC(=O)C(C)(C)C)cc1. The van der Waals surface area contributed by atoms with Gasteiger partial charge in [-0.2, -0.15) is 4.31 Å². The summed E-state index contributed by atoms with van der Waals surface area (Å²) >= 11 is 0. The highest BCUT2D eigenvalue weighted by atomic mass is 32.2.